The lowest BCUT2D eigenvalue weighted by molar-refractivity contribution is 0.0528. The Morgan fingerprint density at radius 2 is 1.91 bits per heavy atom. The van der Waals surface area contributed by atoms with Gasteiger partial charge in [-0.25, -0.2) is 23.1 Å². The monoisotopic (exact) mass is 445 g/mol. The summed E-state index contributed by atoms with van der Waals surface area (Å²) in [6.07, 6.45) is -1.70. The van der Waals surface area contributed by atoms with E-state index in [-0.39, 0.29) is 28.5 Å². The van der Waals surface area contributed by atoms with Gasteiger partial charge < -0.3 is 10.2 Å². The molecule has 1 aromatic carbocycles. The quantitative estimate of drug-likeness (QED) is 0.648. The molecule has 1 aliphatic rings. The second-order valence-corrected chi connectivity index (χ2v) is 8.11. The number of carbonyl (C=O) groups is 1. The smallest absolute Gasteiger partial charge is 0.266 e. The van der Waals surface area contributed by atoms with Crippen molar-refractivity contribution in [2.45, 2.75) is 26.3 Å². The number of hydrogen-bond donors (Lipinski definition) is 1. The van der Waals surface area contributed by atoms with Gasteiger partial charge in [-0.3, -0.25) is 14.2 Å². The van der Waals surface area contributed by atoms with Crippen molar-refractivity contribution in [3.8, 4) is 0 Å². The fraction of sp³-hybridized carbons (Fsp3) is 0.364. The second-order valence-electron chi connectivity index (χ2n) is 8.11. The maximum Gasteiger partial charge on any atom is 0.266 e. The van der Waals surface area contributed by atoms with Gasteiger partial charge in [0.2, 0.25) is 0 Å². The number of pyridine rings is 1. The van der Waals surface area contributed by atoms with Crippen LogP contribution in [0.3, 0.4) is 0 Å². The standard InChI is InChI=1S/C22H22F3N5O2/c1-11-8-30(9-11)22(32)16-7-15-19(26-10-27-20(15)29(3)21(16)31)28-12(2)13-5-4-6-14(17(13)23)18(24)25/h4-7,10-12,18H,8-9H2,1-3H3,(H,26,27,28)/t12-/m1/s1. The SMILES string of the molecule is CC1CN(C(=O)c2cc3c(N[C@H](C)c4cccc(C(F)F)c4F)ncnc3n(C)c2=O)C1. The Morgan fingerprint density at radius 1 is 1.22 bits per heavy atom. The number of halogens is 3. The minimum atomic E-state index is -2.94. The van der Waals surface area contributed by atoms with Gasteiger partial charge in [0.15, 0.2) is 0 Å². The molecule has 3 heterocycles. The van der Waals surface area contributed by atoms with E-state index in [1.165, 1.54) is 36.1 Å². The molecule has 1 amide bonds. The molecule has 168 valence electrons. The number of amides is 1. The van der Waals surface area contributed by atoms with Crippen LogP contribution in [0.2, 0.25) is 0 Å². The average Bonchev–Trinajstić information content (AvgIpc) is 2.73. The van der Waals surface area contributed by atoms with Crippen molar-refractivity contribution in [2.24, 2.45) is 13.0 Å². The Balaban J connectivity index is 1.74. The molecule has 1 saturated heterocycles. The van der Waals surface area contributed by atoms with Crippen molar-refractivity contribution < 1.29 is 18.0 Å². The van der Waals surface area contributed by atoms with E-state index in [0.717, 1.165) is 6.07 Å². The van der Waals surface area contributed by atoms with Crippen LogP contribution in [0.25, 0.3) is 11.0 Å². The van der Waals surface area contributed by atoms with Crippen molar-refractivity contribution in [1.82, 2.24) is 19.4 Å². The zero-order valence-corrected chi connectivity index (χ0v) is 17.8. The van der Waals surface area contributed by atoms with Crippen LogP contribution in [0, 0.1) is 11.7 Å². The Bertz CT molecular complexity index is 1250. The highest BCUT2D eigenvalue weighted by Gasteiger charge is 2.30. The zero-order valence-electron chi connectivity index (χ0n) is 17.8. The molecule has 1 aliphatic heterocycles. The highest BCUT2D eigenvalue weighted by molar-refractivity contribution is 5.99. The van der Waals surface area contributed by atoms with E-state index in [1.54, 1.807) is 11.8 Å². The molecule has 1 fully saturated rings. The fourth-order valence-electron chi connectivity index (χ4n) is 3.93. The largest absolute Gasteiger partial charge is 0.363 e. The first-order chi connectivity index (χ1) is 15.2. The summed E-state index contributed by atoms with van der Waals surface area (Å²) in [5.41, 5.74) is -0.832. The zero-order chi connectivity index (χ0) is 23.2. The number of nitrogens with zero attached hydrogens (tertiary/aromatic N) is 4. The summed E-state index contributed by atoms with van der Waals surface area (Å²) in [7, 11) is 1.51. The highest BCUT2D eigenvalue weighted by atomic mass is 19.3. The molecule has 0 spiro atoms. The Morgan fingerprint density at radius 3 is 2.56 bits per heavy atom. The fourth-order valence-corrected chi connectivity index (χ4v) is 3.93. The van der Waals surface area contributed by atoms with Gasteiger partial charge in [0.1, 0.15) is 29.2 Å². The number of likely N-dealkylation sites (tertiary alicyclic amines) is 1. The molecular weight excluding hydrogens is 423 g/mol. The molecule has 0 radical (unpaired) electrons. The summed E-state index contributed by atoms with van der Waals surface area (Å²) in [5, 5.41) is 3.40. The van der Waals surface area contributed by atoms with Crippen molar-refractivity contribution in [3.05, 3.63) is 63.5 Å². The van der Waals surface area contributed by atoms with E-state index >= 15 is 0 Å². The number of alkyl halides is 2. The summed E-state index contributed by atoms with van der Waals surface area (Å²) < 4.78 is 42.0. The molecule has 2 aromatic heterocycles. The van der Waals surface area contributed by atoms with Gasteiger partial charge in [0.25, 0.3) is 17.9 Å². The molecular formula is C22H22F3N5O2. The van der Waals surface area contributed by atoms with Gasteiger partial charge in [0, 0.05) is 25.7 Å². The topological polar surface area (TPSA) is 80.1 Å². The molecule has 10 heteroatoms. The number of carbonyl (C=O) groups excluding carboxylic acids is 1. The lowest BCUT2D eigenvalue weighted by Gasteiger charge is -2.37. The maximum absolute atomic E-state index is 14.6. The van der Waals surface area contributed by atoms with Crippen LogP contribution in [0.5, 0.6) is 0 Å². The number of anilines is 1. The third-order valence-electron chi connectivity index (χ3n) is 5.70. The molecule has 0 saturated carbocycles. The van der Waals surface area contributed by atoms with Crippen LogP contribution in [0.4, 0.5) is 19.0 Å². The normalized spacial score (nSPS) is 15.2. The van der Waals surface area contributed by atoms with E-state index in [9.17, 15) is 22.8 Å². The molecule has 0 bridgehead atoms. The van der Waals surface area contributed by atoms with Crippen molar-refractivity contribution >= 4 is 22.8 Å². The summed E-state index contributed by atoms with van der Waals surface area (Å²) in [5.74, 6) is -0.727. The van der Waals surface area contributed by atoms with E-state index in [4.69, 9.17) is 0 Å². The Hall–Kier alpha value is -3.43. The number of nitrogens with one attached hydrogen (secondary N) is 1. The molecule has 1 N–H and O–H groups in total. The summed E-state index contributed by atoms with van der Waals surface area (Å²) >= 11 is 0. The van der Waals surface area contributed by atoms with Crippen molar-refractivity contribution in [1.29, 1.82) is 0 Å². The molecule has 0 aliphatic carbocycles. The number of aromatic nitrogens is 3. The van der Waals surface area contributed by atoms with Crippen LogP contribution in [0.15, 0.2) is 35.4 Å². The van der Waals surface area contributed by atoms with Gasteiger partial charge in [-0.15, -0.1) is 0 Å². The van der Waals surface area contributed by atoms with Crippen LogP contribution >= 0.6 is 0 Å². The van der Waals surface area contributed by atoms with Gasteiger partial charge in [0.05, 0.1) is 17.0 Å². The lowest BCUT2D eigenvalue weighted by atomic mass is 10.0. The Kier molecular flexibility index (Phi) is 5.62. The molecule has 3 aromatic rings. The first kappa shape index (κ1) is 21.8. The Labute approximate surface area is 181 Å². The van der Waals surface area contributed by atoms with Crippen molar-refractivity contribution in [3.63, 3.8) is 0 Å². The first-order valence-electron chi connectivity index (χ1n) is 10.2. The maximum atomic E-state index is 14.6. The van der Waals surface area contributed by atoms with Crippen LogP contribution in [0.1, 0.15) is 47.8 Å². The summed E-state index contributed by atoms with van der Waals surface area (Å²) in [4.78, 5) is 35.5. The number of fused-ring (bicyclic) bond motifs is 1. The van der Waals surface area contributed by atoms with Gasteiger partial charge >= 0.3 is 0 Å². The molecule has 4 rings (SSSR count). The predicted molar refractivity (Wildman–Crippen MR) is 113 cm³/mol. The van der Waals surface area contributed by atoms with Crippen LogP contribution in [-0.2, 0) is 7.05 Å². The third kappa shape index (κ3) is 3.69. The van der Waals surface area contributed by atoms with Crippen LogP contribution in [-0.4, -0.2) is 38.4 Å². The van der Waals surface area contributed by atoms with Crippen molar-refractivity contribution in [2.75, 3.05) is 18.4 Å². The molecule has 32 heavy (non-hydrogen) atoms. The van der Waals surface area contributed by atoms with E-state index in [1.807, 2.05) is 6.92 Å². The van der Waals surface area contributed by atoms with E-state index in [2.05, 4.69) is 15.3 Å². The highest BCUT2D eigenvalue weighted by Crippen LogP contribution is 2.30. The minimum Gasteiger partial charge on any atom is -0.363 e. The van der Waals surface area contributed by atoms with Gasteiger partial charge in [-0.2, -0.15) is 0 Å². The number of aryl methyl sites for hydroxylation is 1. The average molecular weight is 445 g/mol. The minimum absolute atomic E-state index is 0.0109. The predicted octanol–water partition coefficient (Wildman–Crippen LogP) is 3.67. The summed E-state index contributed by atoms with van der Waals surface area (Å²) in [6.45, 7) is 4.78. The summed E-state index contributed by atoms with van der Waals surface area (Å²) in [6, 6.07) is 4.53. The number of rotatable bonds is 5. The number of benzene rings is 1. The number of hydrogen-bond acceptors (Lipinski definition) is 5. The van der Waals surface area contributed by atoms with E-state index < -0.39 is 29.4 Å². The lowest BCUT2D eigenvalue weighted by Crippen LogP contribution is -2.50. The van der Waals surface area contributed by atoms with Gasteiger partial charge in [-0.05, 0) is 18.9 Å². The molecule has 1 atom stereocenters. The molecule has 7 nitrogen and oxygen atoms in total. The first-order valence-corrected chi connectivity index (χ1v) is 10.2. The second kappa shape index (κ2) is 8.25. The van der Waals surface area contributed by atoms with Crippen LogP contribution < -0.4 is 10.9 Å². The van der Waals surface area contributed by atoms with E-state index in [0.29, 0.717) is 24.4 Å². The van der Waals surface area contributed by atoms with Gasteiger partial charge in [-0.1, -0.05) is 25.1 Å². The third-order valence-corrected chi connectivity index (χ3v) is 5.70. The molecule has 0 unspecified atom stereocenters.